The summed E-state index contributed by atoms with van der Waals surface area (Å²) in [5.41, 5.74) is 3.31. The number of rotatable bonds is 8. The van der Waals surface area contributed by atoms with Crippen molar-refractivity contribution in [1.29, 1.82) is 0 Å². The van der Waals surface area contributed by atoms with Crippen LogP contribution >= 0.6 is 0 Å². The summed E-state index contributed by atoms with van der Waals surface area (Å²) in [6.07, 6.45) is -3.86. The van der Waals surface area contributed by atoms with Crippen LogP contribution < -0.4 is 10.1 Å². The van der Waals surface area contributed by atoms with Crippen molar-refractivity contribution < 1.29 is 27.4 Å². The molecular formula is C29H30F3N5O3. The van der Waals surface area contributed by atoms with Crippen LogP contribution in [0.1, 0.15) is 34.1 Å². The summed E-state index contributed by atoms with van der Waals surface area (Å²) in [5, 5.41) is 10.9. The van der Waals surface area contributed by atoms with Gasteiger partial charge in [0.05, 0.1) is 30.2 Å². The standard InChI is InChI=1S/C29H30F3N5O3/c1-3-25-23-6-7-26(34-27(23)36-35-25)24-17-21(5-4-18(24)2)33-28(38)19-14-20(29(30,31)32)16-22(15-19)40-13-10-37-8-11-39-12-9-37/h4-7,14-17H,3,8-13H2,1-2H3,(H,33,38)(H,34,35,36). The molecule has 0 aliphatic carbocycles. The zero-order chi connectivity index (χ0) is 28.3. The Kier molecular flexibility index (Phi) is 8.04. The number of hydrogen-bond donors (Lipinski definition) is 2. The molecule has 210 valence electrons. The third kappa shape index (κ3) is 6.26. The zero-order valence-corrected chi connectivity index (χ0v) is 22.3. The molecule has 2 aromatic carbocycles. The van der Waals surface area contributed by atoms with Crippen LogP contribution in [0.15, 0.2) is 48.5 Å². The smallest absolute Gasteiger partial charge is 0.416 e. The molecule has 8 nitrogen and oxygen atoms in total. The molecule has 1 fully saturated rings. The molecule has 5 rings (SSSR count). The largest absolute Gasteiger partial charge is 0.492 e. The minimum atomic E-state index is -4.63. The monoisotopic (exact) mass is 553 g/mol. The number of hydrogen-bond acceptors (Lipinski definition) is 6. The maximum absolute atomic E-state index is 13.6. The van der Waals surface area contributed by atoms with E-state index in [-0.39, 0.29) is 17.9 Å². The molecule has 0 radical (unpaired) electrons. The van der Waals surface area contributed by atoms with Crippen LogP contribution in [0.2, 0.25) is 0 Å². The first-order chi connectivity index (χ1) is 19.2. The highest BCUT2D eigenvalue weighted by atomic mass is 19.4. The summed E-state index contributed by atoms with van der Waals surface area (Å²) < 4.78 is 51.9. The Balaban J connectivity index is 1.35. The van der Waals surface area contributed by atoms with Gasteiger partial charge in [-0.1, -0.05) is 13.0 Å². The lowest BCUT2D eigenvalue weighted by Gasteiger charge is -2.26. The lowest BCUT2D eigenvalue weighted by Crippen LogP contribution is -2.38. The zero-order valence-electron chi connectivity index (χ0n) is 22.3. The molecule has 0 bridgehead atoms. The van der Waals surface area contributed by atoms with Gasteiger partial charge in [0.25, 0.3) is 5.91 Å². The number of fused-ring (bicyclic) bond motifs is 1. The van der Waals surface area contributed by atoms with Crippen molar-refractivity contribution >= 4 is 22.6 Å². The number of alkyl halides is 3. The molecule has 0 spiro atoms. The van der Waals surface area contributed by atoms with Crippen LogP contribution in [-0.4, -0.2) is 65.4 Å². The first-order valence-corrected chi connectivity index (χ1v) is 13.1. The van der Waals surface area contributed by atoms with Crippen molar-refractivity contribution in [3.63, 3.8) is 0 Å². The van der Waals surface area contributed by atoms with Gasteiger partial charge in [-0.2, -0.15) is 18.3 Å². The number of aryl methyl sites for hydroxylation is 2. The number of ether oxygens (including phenoxy) is 2. The van der Waals surface area contributed by atoms with E-state index in [1.807, 2.05) is 32.0 Å². The molecule has 1 aliphatic rings. The van der Waals surface area contributed by atoms with E-state index in [0.29, 0.717) is 36.8 Å². The van der Waals surface area contributed by atoms with Crippen molar-refractivity contribution in [2.45, 2.75) is 26.4 Å². The number of H-pyrrole nitrogens is 1. The predicted molar refractivity (Wildman–Crippen MR) is 146 cm³/mol. The minimum Gasteiger partial charge on any atom is -0.492 e. The number of morpholine rings is 1. The second-order valence-corrected chi connectivity index (χ2v) is 9.65. The summed E-state index contributed by atoms with van der Waals surface area (Å²) in [6, 6.07) is 12.2. The Morgan fingerprint density at radius 1 is 1.12 bits per heavy atom. The van der Waals surface area contributed by atoms with Crippen LogP contribution in [0.3, 0.4) is 0 Å². The van der Waals surface area contributed by atoms with Crippen LogP contribution in [0.25, 0.3) is 22.3 Å². The SMILES string of the molecule is CCc1n[nH]c2nc(-c3cc(NC(=O)c4cc(OCCN5CCOCC5)cc(C(F)(F)F)c4)ccc3C)ccc12. The number of pyridine rings is 1. The minimum absolute atomic E-state index is 0.0126. The van der Waals surface area contributed by atoms with Crippen LogP contribution in [-0.2, 0) is 17.3 Å². The molecule has 2 N–H and O–H groups in total. The average Bonchev–Trinajstić information content (AvgIpc) is 3.36. The fraction of sp³-hybridized carbons (Fsp3) is 0.345. The fourth-order valence-electron chi connectivity index (χ4n) is 4.65. The molecule has 11 heteroatoms. The number of benzene rings is 2. The summed E-state index contributed by atoms with van der Waals surface area (Å²) >= 11 is 0. The number of carbonyl (C=O) groups is 1. The van der Waals surface area contributed by atoms with E-state index in [1.165, 1.54) is 6.07 Å². The van der Waals surface area contributed by atoms with Crippen LogP contribution in [0.5, 0.6) is 5.75 Å². The maximum atomic E-state index is 13.6. The van der Waals surface area contributed by atoms with Crippen LogP contribution in [0, 0.1) is 6.92 Å². The Morgan fingerprint density at radius 2 is 1.93 bits per heavy atom. The third-order valence-corrected chi connectivity index (χ3v) is 6.89. The van der Waals surface area contributed by atoms with Gasteiger partial charge in [0.15, 0.2) is 5.65 Å². The number of aromatic amines is 1. The molecule has 0 saturated carbocycles. The Hall–Kier alpha value is -3.96. The summed E-state index contributed by atoms with van der Waals surface area (Å²) in [4.78, 5) is 19.9. The second-order valence-electron chi connectivity index (χ2n) is 9.65. The van der Waals surface area contributed by atoms with E-state index in [9.17, 15) is 18.0 Å². The van der Waals surface area contributed by atoms with Gasteiger partial charge < -0.3 is 14.8 Å². The lowest BCUT2D eigenvalue weighted by molar-refractivity contribution is -0.137. The number of carbonyl (C=O) groups excluding carboxylic acids is 1. The van der Waals surface area contributed by atoms with Gasteiger partial charge in [-0.3, -0.25) is 14.8 Å². The van der Waals surface area contributed by atoms with Gasteiger partial charge >= 0.3 is 6.18 Å². The molecular weight excluding hydrogens is 523 g/mol. The molecule has 2 aromatic heterocycles. The van der Waals surface area contributed by atoms with Gasteiger partial charge in [-0.15, -0.1) is 0 Å². The van der Waals surface area contributed by atoms with Crippen molar-refractivity contribution in [3.8, 4) is 17.0 Å². The lowest BCUT2D eigenvalue weighted by atomic mass is 10.0. The molecule has 4 aromatic rings. The van der Waals surface area contributed by atoms with E-state index in [2.05, 4.69) is 25.4 Å². The second kappa shape index (κ2) is 11.6. The molecule has 0 unspecified atom stereocenters. The number of nitrogens with one attached hydrogen (secondary N) is 2. The highest BCUT2D eigenvalue weighted by molar-refractivity contribution is 6.05. The predicted octanol–water partition coefficient (Wildman–Crippen LogP) is 5.48. The molecule has 1 saturated heterocycles. The van der Waals surface area contributed by atoms with E-state index < -0.39 is 17.6 Å². The molecule has 0 atom stereocenters. The van der Waals surface area contributed by atoms with Gasteiger partial charge in [-0.25, -0.2) is 4.98 Å². The van der Waals surface area contributed by atoms with Crippen molar-refractivity contribution in [2.75, 3.05) is 44.8 Å². The third-order valence-electron chi connectivity index (χ3n) is 6.89. The summed E-state index contributed by atoms with van der Waals surface area (Å²) in [5.74, 6) is -0.690. The van der Waals surface area contributed by atoms with E-state index >= 15 is 0 Å². The molecule has 40 heavy (non-hydrogen) atoms. The Morgan fingerprint density at radius 3 is 2.67 bits per heavy atom. The number of nitrogens with zero attached hydrogens (tertiary/aromatic N) is 3. The maximum Gasteiger partial charge on any atom is 0.416 e. The van der Waals surface area contributed by atoms with E-state index in [1.54, 1.807) is 12.1 Å². The molecule has 1 amide bonds. The quantitative estimate of drug-likeness (QED) is 0.300. The summed E-state index contributed by atoms with van der Waals surface area (Å²) in [6.45, 7) is 7.38. The van der Waals surface area contributed by atoms with Crippen molar-refractivity contribution in [1.82, 2.24) is 20.1 Å². The topological polar surface area (TPSA) is 92.4 Å². The highest BCUT2D eigenvalue weighted by Gasteiger charge is 2.32. The summed E-state index contributed by atoms with van der Waals surface area (Å²) in [7, 11) is 0. The first-order valence-electron chi connectivity index (χ1n) is 13.1. The van der Waals surface area contributed by atoms with Crippen LogP contribution in [0.4, 0.5) is 18.9 Å². The number of amides is 1. The number of aromatic nitrogens is 3. The Labute approximate surface area is 229 Å². The first kappa shape index (κ1) is 27.6. The Bertz CT molecular complexity index is 1510. The van der Waals surface area contributed by atoms with E-state index in [0.717, 1.165) is 53.9 Å². The normalized spacial score (nSPS) is 14.4. The van der Waals surface area contributed by atoms with Gasteiger partial charge in [0, 0.05) is 41.8 Å². The highest BCUT2D eigenvalue weighted by Crippen LogP contribution is 2.33. The average molecular weight is 554 g/mol. The number of halogens is 3. The molecule has 1 aliphatic heterocycles. The van der Waals surface area contributed by atoms with Gasteiger partial charge in [-0.05, 0) is 61.4 Å². The van der Waals surface area contributed by atoms with Gasteiger partial charge in [0.2, 0.25) is 0 Å². The van der Waals surface area contributed by atoms with Crippen molar-refractivity contribution in [2.24, 2.45) is 0 Å². The number of anilines is 1. The van der Waals surface area contributed by atoms with E-state index in [4.69, 9.17) is 9.47 Å². The van der Waals surface area contributed by atoms with Crippen molar-refractivity contribution in [3.05, 3.63) is 70.9 Å². The molecule has 3 heterocycles. The van der Waals surface area contributed by atoms with Gasteiger partial charge in [0.1, 0.15) is 12.4 Å². The fourth-order valence-corrected chi connectivity index (χ4v) is 4.65.